The van der Waals surface area contributed by atoms with E-state index in [9.17, 15) is 0 Å². The average molecular weight is 275 g/mol. The molecule has 19 heavy (non-hydrogen) atoms. The molecule has 0 unspecified atom stereocenters. The van der Waals surface area contributed by atoms with Gasteiger partial charge in [-0.25, -0.2) is 0 Å². The molecule has 3 heteroatoms. The van der Waals surface area contributed by atoms with Crippen molar-refractivity contribution in [3.8, 4) is 11.5 Å². The Morgan fingerprint density at radius 1 is 1.11 bits per heavy atom. The summed E-state index contributed by atoms with van der Waals surface area (Å²) in [5.74, 6) is 1.57. The molecule has 0 aliphatic carbocycles. The zero-order valence-corrected chi connectivity index (χ0v) is 11.5. The van der Waals surface area contributed by atoms with Crippen LogP contribution in [0.15, 0.2) is 49.0 Å². The quantitative estimate of drug-likeness (QED) is 0.795. The van der Waals surface area contributed by atoms with Gasteiger partial charge in [-0.05, 0) is 41.5 Å². The molecule has 0 aromatic heterocycles. The predicted molar refractivity (Wildman–Crippen MR) is 78.9 cm³/mol. The van der Waals surface area contributed by atoms with E-state index < -0.39 is 0 Å². The first kappa shape index (κ1) is 13.5. The summed E-state index contributed by atoms with van der Waals surface area (Å²) in [5, 5.41) is 0.641. The lowest BCUT2D eigenvalue weighted by atomic mass is 10.2. The van der Waals surface area contributed by atoms with Crippen molar-refractivity contribution < 1.29 is 9.47 Å². The molecule has 2 rings (SSSR count). The predicted octanol–water partition coefficient (Wildman–Crippen LogP) is 4.57. The molecule has 0 aliphatic heterocycles. The standard InChI is InChI=1S/C16H15ClO2/c1-3-12-8-14(17)10-16(9-12)19-11-13-4-6-15(18-2)7-5-13/h3-10H,1,11H2,2H3. The van der Waals surface area contributed by atoms with Gasteiger partial charge >= 0.3 is 0 Å². The normalized spacial score (nSPS) is 10.0. The molecule has 2 aromatic carbocycles. The molecule has 0 spiro atoms. The summed E-state index contributed by atoms with van der Waals surface area (Å²) in [6.07, 6.45) is 1.74. The second kappa shape index (κ2) is 6.30. The van der Waals surface area contributed by atoms with Crippen LogP contribution in [0.4, 0.5) is 0 Å². The van der Waals surface area contributed by atoms with E-state index in [1.165, 1.54) is 0 Å². The third-order valence-corrected chi connectivity index (χ3v) is 2.91. The van der Waals surface area contributed by atoms with Gasteiger partial charge in [0.1, 0.15) is 18.1 Å². The molecule has 0 bridgehead atoms. The Morgan fingerprint density at radius 2 is 1.84 bits per heavy atom. The van der Waals surface area contributed by atoms with Gasteiger partial charge < -0.3 is 9.47 Å². The molecular weight excluding hydrogens is 260 g/mol. The lowest BCUT2D eigenvalue weighted by Crippen LogP contribution is -1.95. The summed E-state index contributed by atoms with van der Waals surface area (Å²) in [4.78, 5) is 0. The topological polar surface area (TPSA) is 18.5 Å². The van der Waals surface area contributed by atoms with E-state index >= 15 is 0 Å². The van der Waals surface area contributed by atoms with Gasteiger partial charge in [0.25, 0.3) is 0 Å². The minimum Gasteiger partial charge on any atom is -0.497 e. The van der Waals surface area contributed by atoms with Gasteiger partial charge in [-0.15, -0.1) is 0 Å². The van der Waals surface area contributed by atoms with Gasteiger partial charge in [0.2, 0.25) is 0 Å². The summed E-state index contributed by atoms with van der Waals surface area (Å²) < 4.78 is 10.8. The number of methoxy groups -OCH3 is 1. The molecular formula is C16H15ClO2. The van der Waals surface area contributed by atoms with Crippen LogP contribution in [-0.2, 0) is 6.61 Å². The fraction of sp³-hybridized carbons (Fsp3) is 0.125. The van der Waals surface area contributed by atoms with Crippen LogP contribution in [-0.4, -0.2) is 7.11 Å². The Hall–Kier alpha value is -1.93. The van der Waals surface area contributed by atoms with Crippen LogP contribution in [0.3, 0.4) is 0 Å². The van der Waals surface area contributed by atoms with Gasteiger partial charge in [-0.1, -0.05) is 36.4 Å². The number of hydrogen-bond donors (Lipinski definition) is 0. The van der Waals surface area contributed by atoms with Crippen LogP contribution in [0.5, 0.6) is 11.5 Å². The van der Waals surface area contributed by atoms with E-state index in [-0.39, 0.29) is 0 Å². The lowest BCUT2D eigenvalue weighted by Gasteiger charge is -2.08. The second-order valence-electron chi connectivity index (χ2n) is 4.06. The summed E-state index contributed by atoms with van der Waals surface area (Å²) in [6.45, 7) is 4.21. The minimum atomic E-state index is 0.487. The van der Waals surface area contributed by atoms with Crippen LogP contribution in [0.25, 0.3) is 6.08 Å². The molecule has 0 heterocycles. The van der Waals surface area contributed by atoms with E-state index in [1.807, 2.05) is 36.4 Å². The SMILES string of the molecule is C=Cc1cc(Cl)cc(OCc2ccc(OC)cc2)c1. The zero-order valence-electron chi connectivity index (χ0n) is 10.7. The average Bonchev–Trinajstić information content (AvgIpc) is 2.45. The Bertz CT molecular complexity index is 561. The van der Waals surface area contributed by atoms with Gasteiger partial charge in [-0.3, -0.25) is 0 Å². The highest BCUT2D eigenvalue weighted by atomic mass is 35.5. The summed E-state index contributed by atoms with van der Waals surface area (Å²) in [7, 11) is 1.65. The van der Waals surface area contributed by atoms with Crippen molar-refractivity contribution in [2.24, 2.45) is 0 Å². The molecule has 0 amide bonds. The van der Waals surface area contributed by atoms with Crippen LogP contribution in [0, 0.1) is 0 Å². The van der Waals surface area contributed by atoms with Crippen LogP contribution < -0.4 is 9.47 Å². The molecule has 0 fully saturated rings. The number of halogens is 1. The van der Waals surface area contributed by atoms with Crippen molar-refractivity contribution in [1.29, 1.82) is 0 Å². The zero-order chi connectivity index (χ0) is 13.7. The highest BCUT2D eigenvalue weighted by Crippen LogP contribution is 2.23. The van der Waals surface area contributed by atoms with Gasteiger partial charge in [0.15, 0.2) is 0 Å². The van der Waals surface area contributed by atoms with Gasteiger partial charge in [-0.2, -0.15) is 0 Å². The summed E-state index contributed by atoms with van der Waals surface area (Å²) >= 11 is 6.01. The van der Waals surface area contributed by atoms with E-state index in [0.717, 1.165) is 22.6 Å². The first-order chi connectivity index (χ1) is 9.21. The molecule has 0 saturated heterocycles. The molecule has 0 saturated carbocycles. The largest absolute Gasteiger partial charge is 0.497 e. The molecule has 0 aliphatic rings. The summed E-state index contributed by atoms with van der Waals surface area (Å²) in [5.41, 5.74) is 2.01. The monoisotopic (exact) mass is 274 g/mol. The lowest BCUT2D eigenvalue weighted by molar-refractivity contribution is 0.306. The van der Waals surface area contributed by atoms with Crippen molar-refractivity contribution in [3.63, 3.8) is 0 Å². The van der Waals surface area contributed by atoms with Crippen molar-refractivity contribution in [3.05, 3.63) is 65.2 Å². The van der Waals surface area contributed by atoms with Gasteiger partial charge in [0.05, 0.1) is 7.11 Å². The van der Waals surface area contributed by atoms with Crippen molar-refractivity contribution >= 4 is 17.7 Å². The Labute approximate surface area is 118 Å². The number of hydrogen-bond acceptors (Lipinski definition) is 2. The highest BCUT2D eigenvalue weighted by Gasteiger charge is 2.00. The smallest absolute Gasteiger partial charge is 0.121 e. The maximum Gasteiger partial charge on any atom is 0.121 e. The fourth-order valence-corrected chi connectivity index (χ4v) is 1.91. The molecule has 98 valence electrons. The number of ether oxygens (including phenoxy) is 2. The van der Waals surface area contributed by atoms with E-state index in [4.69, 9.17) is 21.1 Å². The number of benzene rings is 2. The third kappa shape index (κ3) is 3.76. The molecule has 2 aromatic rings. The van der Waals surface area contributed by atoms with Gasteiger partial charge in [0, 0.05) is 5.02 Å². The minimum absolute atomic E-state index is 0.487. The van der Waals surface area contributed by atoms with Crippen molar-refractivity contribution in [2.75, 3.05) is 7.11 Å². The first-order valence-corrected chi connectivity index (χ1v) is 6.28. The molecule has 0 atom stereocenters. The highest BCUT2D eigenvalue weighted by molar-refractivity contribution is 6.30. The van der Waals surface area contributed by atoms with Crippen LogP contribution >= 0.6 is 11.6 Å². The maximum atomic E-state index is 6.01. The molecule has 2 nitrogen and oxygen atoms in total. The van der Waals surface area contributed by atoms with Crippen molar-refractivity contribution in [2.45, 2.75) is 6.61 Å². The first-order valence-electron chi connectivity index (χ1n) is 5.90. The van der Waals surface area contributed by atoms with E-state index in [2.05, 4.69) is 6.58 Å². The molecule has 0 radical (unpaired) electrons. The van der Waals surface area contributed by atoms with E-state index in [1.54, 1.807) is 19.3 Å². The Morgan fingerprint density at radius 3 is 2.47 bits per heavy atom. The third-order valence-electron chi connectivity index (χ3n) is 2.69. The van der Waals surface area contributed by atoms with Crippen LogP contribution in [0.2, 0.25) is 5.02 Å². The van der Waals surface area contributed by atoms with E-state index in [0.29, 0.717) is 11.6 Å². The van der Waals surface area contributed by atoms with Crippen LogP contribution in [0.1, 0.15) is 11.1 Å². The molecule has 0 N–H and O–H groups in total. The Balaban J connectivity index is 2.05. The Kier molecular flexibility index (Phi) is 4.48. The second-order valence-corrected chi connectivity index (χ2v) is 4.50. The number of rotatable bonds is 5. The maximum absolute atomic E-state index is 6.01. The van der Waals surface area contributed by atoms with Crippen molar-refractivity contribution in [1.82, 2.24) is 0 Å². The fourth-order valence-electron chi connectivity index (χ4n) is 1.67. The summed E-state index contributed by atoms with van der Waals surface area (Å²) in [6, 6.07) is 13.3.